The third-order valence-electron chi connectivity index (χ3n) is 8.42. The van der Waals surface area contributed by atoms with Crippen molar-refractivity contribution >= 4 is 56.5 Å². The van der Waals surface area contributed by atoms with Crippen LogP contribution in [0.3, 0.4) is 0 Å². The highest BCUT2D eigenvalue weighted by atomic mass is 35.5. The van der Waals surface area contributed by atoms with E-state index in [-0.39, 0.29) is 38.8 Å². The Bertz CT molecular complexity index is 2170. The fourth-order valence-corrected chi connectivity index (χ4v) is 6.99. The van der Waals surface area contributed by atoms with E-state index in [0.717, 1.165) is 47.1 Å². The molecule has 3 N–H and O–H groups in total. The third-order valence-corrected chi connectivity index (χ3v) is 10.4. The number of sulfonamides is 1. The number of phenols is 1. The standard InChI is InChI=1S/C36H32Cl2F4N2O6S/c1-36(2,3)23-12-18(11-22(13-23)19-7-8-19)16-44(26-10-9-21(35(47)48)15-27(26)45)28(46)17-51(49,50)43-34-24(30(39)31(40)32(41)33(34)42)14-20-5-4-6-25(37)29(20)38/h4-6,9-13,15,19,43,45H,7-8,14,16-17H2,1-3H3,(H,47,48). The van der Waals surface area contributed by atoms with Gasteiger partial charge in [0.25, 0.3) is 0 Å². The molecule has 1 amide bonds. The lowest BCUT2D eigenvalue weighted by atomic mass is 9.84. The van der Waals surface area contributed by atoms with Gasteiger partial charge in [0.1, 0.15) is 11.5 Å². The first kappa shape index (κ1) is 37.9. The summed E-state index contributed by atoms with van der Waals surface area (Å²) in [5, 5.41) is 20.1. The number of halogens is 6. The minimum Gasteiger partial charge on any atom is -0.506 e. The second kappa shape index (κ2) is 14.4. The van der Waals surface area contributed by atoms with Crippen molar-refractivity contribution in [3.8, 4) is 5.75 Å². The number of hydrogen-bond acceptors (Lipinski definition) is 5. The second-order valence-corrected chi connectivity index (χ2v) is 15.8. The van der Waals surface area contributed by atoms with Gasteiger partial charge in [-0.25, -0.2) is 30.8 Å². The number of rotatable bonds is 11. The molecule has 0 aliphatic heterocycles. The van der Waals surface area contributed by atoms with E-state index in [1.54, 1.807) is 4.72 Å². The van der Waals surface area contributed by atoms with Gasteiger partial charge in [-0.2, -0.15) is 0 Å². The Morgan fingerprint density at radius 3 is 2.22 bits per heavy atom. The normalized spacial score (nSPS) is 13.3. The van der Waals surface area contributed by atoms with Crippen molar-refractivity contribution in [1.82, 2.24) is 0 Å². The first-order valence-electron chi connectivity index (χ1n) is 15.6. The molecule has 8 nitrogen and oxygen atoms in total. The van der Waals surface area contributed by atoms with Crippen molar-refractivity contribution in [1.29, 1.82) is 0 Å². The molecule has 270 valence electrons. The molecule has 0 atom stereocenters. The van der Waals surface area contributed by atoms with Crippen LogP contribution in [-0.2, 0) is 33.2 Å². The predicted octanol–water partition coefficient (Wildman–Crippen LogP) is 8.69. The lowest BCUT2D eigenvalue weighted by Crippen LogP contribution is -2.37. The number of nitrogens with zero attached hydrogens (tertiary/aromatic N) is 1. The molecule has 0 heterocycles. The molecule has 0 saturated heterocycles. The van der Waals surface area contributed by atoms with E-state index in [4.69, 9.17) is 23.2 Å². The van der Waals surface area contributed by atoms with E-state index in [0.29, 0.717) is 11.5 Å². The second-order valence-electron chi connectivity index (χ2n) is 13.3. The summed E-state index contributed by atoms with van der Waals surface area (Å²) in [5.74, 6) is -12.8. The number of benzene rings is 4. The average molecular weight is 768 g/mol. The van der Waals surface area contributed by atoms with Crippen LogP contribution in [0, 0.1) is 23.3 Å². The fourth-order valence-electron chi connectivity index (χ4n) is 5.53. The molecule has 1 fully saturated rings. The highest BCUT2D eigenvalue weighted by Gasteiger charge is 2.32. The smallest absolute Gasteiger partial charge is 0.335 e. The van der Waals surface area contributed by atoms with Gasteiger partial charge in [-0.1, -0.05) is 74.3 Å². The Labute approximate surface area is 301 Å². The van der Waals surface area contributed by atoms with Gasteiger partial charge in [0.15, 0.2) is 23.3 Å². The number of phenolic OH excluding ortho intramolecular Hbond substituents is 1. The molecule has 4 aromatic rings. The van der Waals surface area contributed by atoms with Gasteiger partial charge in [0.05, 0.1) is 33.5 Å². The van der Waals surface area contributed by atoms with Crippen LogP contribution in [0.5, 0.6) is 5.75 Å². The van der Waals surface area contributed by atoms with Gasteiger partial charge in [-0.3, -0.25) is 9.52 Å². The molecule has 0 unspecified atom stereocenters. The van der Waals surface area contributed by atoms with E-state index >= 15 is 8.78 Å². The van der Waals surface area contributed by atoms with Gasteiger partial charge >= 0.3 is 5.97 Å². The first-order chi connectivity index (χ1) is 23.8. The van der Waals surface area contributed by atoms with E-state index in [9.17, 15) is 37.0 Å². The number of aromatic carboxylic acids is 1. The van der Waals surface area contributed by atoms with Crippen molar-refractivity contribution in [3.05, 3.63) is 121 Å². The predicted molar refractivity (Wildman–Crippen MR) is 186 cm³/mol. The quantitative estimate of drug-likeness (QED) is 0.0798. The molecule has 1 aliphatic rings. The zero-order valence-corrected chi connectivity index (χ0v) is 29.8. The summed E-state index contributed by atoms with van der Waals surface area (Å²) < 4.78 is 88.0. The van der Waals surface area contributed by atoms with Gasteiger partial charge < -0.3 is 15.1 Å². The number of nitrogens with one attached hydrogen (secondary N) is 1. The first-order valence-corrected chi connectivity index (χ1v) is 18.0. The highest BCUT2D eigenvalue weighted by Crippen LogP contribution is 2.42. The fraction of sp³-hybridized carbons (Fsp3) is 0.278. The van der Waals surface area contributed by atoms with Gasteiger partial charge in [-0.15, -0.1) is 0 Å². The monoisotopic (exact) mass is 766 g/mol. The molecule has 15 heteroatoms. The maximum atomic E-state index is 15.2. The summed E-state index contributed by atoms with van der Waals surface area (Å²) in [6.07, 6.45) is 1.20. The van der Waals surface area contributed by atoms with E-state index in [1.807, 2.05) is 32.9 Å². The van der Waals surface area contributed by atoms with E-state index < -0.39 is 74.3 Å². The van der Waals surface area contributed by atoms with Crippen LogP contribution in [0.25, 0.3) is 0 Å². The number of carboxylic acids is 1. The van der Waals surface area contributed by atoms with Crippen molar-refractivity contribution < 1.29 is 45.8 Å². The Morgan fingerprint density at radius 1 is 0.941 bits per heavy atom. The van der Waals surface area contributed by atoms with Gasteiger partial charge in [0, 0.05) is 12.0 Å². The molecule has 0 bridgehead atoms. The number of carbonyl (C=O) groups excluding carboxylic acids is 1. The van der Waals surface area contributed by atoms with Crippen LogP contribution >= 0.6 is 23.2 Å². The topological polar surface area (TPSA) is 124 Å². The highest BCUT2D eigenvalue weighted by molar-refractivity contribution is 7.93. The maximum Gasteiger partial charge on any atom is 0.335 e. The van der Waals surface area contributed by atoms with Crippen molar-refractivity contribution in [2.24, 2.45) is 0 Å². The summed E-state index contributed by atoms with van der Waals surface area (Å²) in [4.78, 5) is 26.4. The minimum atomic E-state index is -5.03. The van der Waals surface area contributed by atoms with Crippen molar-refractivity contribution in [2.75, 3.05) is 15.4 Å². The molecular formula is C36H32Cl2F4N2O6S. The zero-order chi connectivity index (χ0) is 37.6. The van der Waals surface area contributed by atoms with Crippen LogP contribution in [-0.4, -0.2) is 36.3 Å². The number of carbonyl (C=O) groups is 2. The number of hydrogen-bond donors (Lipinski definition) is 3. The van der Waals surface area contributed by atoms with Gasteiger partial charge in [0.2, 0.25) is 15.9 Å². The lowest BCUT2D eigenvalue weighted by molar-refractivity contribution is -0.116. The zero-order valence-electron chi connectivity index (χ0n) is 27.5. The number of carboxylic acid groups (broad SMARTS) is 1. The SMILES string of the molecule is CC(C)(C)c1cc(CN(C(=O)CS(=O)(=O)Nc2c(F)c(F)c(F)c(F)c2Cc2cccc(Cl)c2Cl)c2ccc(C(=O)O)cc2O)cc(C2CC2)c1. The molecule has 0 aromatic heterocycles. The average Bonchev–Trinajstić information content (AvgIpc) is 3.90. The van der Waals surface area contributed by atoms with Crippen molar-refractivity contribution in [2.45, 2.75) is 57.9 Å². The van der Waals surface area contributed by atoms with Crippen LogP contribution in [0.2, 0.25) is 10.0 Å². The van der Waals surface area contributed by atoms with Crippen LogP contribution in [0.4, 0.5) is 28.9 Å². The number of aromatic hydroxyl groups is 1. The summed E-state index contributed by atoms with van der Waals surface area (Å²) in [7, 11) is -5.03. The van der Waals surface area contributed by atoms with Crippen molar-refractivity contribution in [3.63, 3.8) is 0 Å². The van der Waals surface area contributed by atoms with Gasteiger partial charge in [-0.05, 0) is 70.7 Å². The summed E-state index contributed by atoms with van der Waals surface area (Å²) >= 11 is 12.2. The number of amides is 1. The minimum absolute atomic E-state index is 0.00220. The Hall–Kier alpha value is -4.33. The molecule has 0 radical (unpaired) electrons. The molecular weight excluding hydrogens is 735 g/mol. The summed E-state index contributed by atoms with van der Waals surface area (Å²) in [6, 6.07) is 13.0. The third kappa shape index (κ3) is 8.43. The lowest BCUT2D eigenvalue weighted by Gasteiger charge is -2.26. The molecule has 0 spiro atoms. The molecule has 5 rings (SSSR count). The Morgan fingerprint density at radius 2 is 1.61 bits per heavy atom. The largest absolute Gasteiger partial charge is 0.506 e. The van der Waals surface area contributed by atoms with Crippen LogP contribution in [0.15, 0.2) is 54.6 Å². The molecule has 1 aliphatic carbocycles. The molecule has 1 saturated carbocycles. The maximum absolute atomic E-state index is 15.2. The Balaban J connectivity index is 1.54. The summed E-state index contributed by atoms with van der Waals surface area (Å²) in [6.45, 7) is 5.70. The Kier molecular flexibility index (Phi) is 10.7. The molecule has 4 aromatic carbocycles. The van der Waals surface area contributed by atoms with Crippen LogP contribution < -0.4 is 9.62 Å². The molecule has 51 heavy (non-hydrogen) atoms. The number of anilines is 2. The van der Waals surface area contributed by atoms with E-state index in [2.05, 4.69) is 6.07 Å². The van der Waals surface area contributed by atoms with Crippen LogP contribution in [0.1, 0.15) is 77.7 Å². The van der Waals surface area contributed by atoms with E-state index in [1.165, 1.54) is 18.2 Å². The summed E-state index contributed by atoms with van der Waals surface area (Å²) in [5.41, 5.74) is -0.574.